The molecular weight excluding hydrogens is 314 g/mol. The van der Waals surface area contributed by atoms with Crippen molar-refractivity contribution in [3.63, 3.8) is 0 Å². The van der Waals surface area contributed by atoms with Gasteiger partial charge >= 0.3 is 0 Å². The summed E-state index contributed by atoms with van der Waals surface area (Å²) in [5.41, 5.74) is 7.83. The van der Waals surface area contributed by atoms with Gasteiger partial charge in [-0.05, 0) is 53.9 Å². The number of hydrazine groups is 1. The van der Waals surface area contributed by atoms with Crippen LogP contribution >= 0.6 is 15.9 Å². The highest BCUT2D eigenvalue weighted by atomic mass is 79.9. The molecule has 1 aromatic heterocycles. The van der Waals surface area contributed by atoms with Crippen LogP contribution in [0.4, 0.5) is 0 Å². The summed E-state index contributed by atoms with van der Waals surface area (Å²) in [6.45, 7) is 4.25. The van der Waals surface area contributed by atoms with Crippen molar-refractivity contribution >= 4 is 15.9 Å². The highest BCUT2D eigenvalue weighted by Gasteiger charge is 2.10. The van der Waals surface area contributed by atoms with Crippen molar-refractivity contribution in [1.29, 1.82) is 0 Å². The van der Waals surface area contributed by atoms with Gasteiger partial charge in [-0.1, -0.05) is 29.3 Å². The lowest BCUT2D eigenvalue weighted by molar-refractivity contribution is 0.517. The molecule has 0 radical (unpaired) electrons. The van der Waals surface area contributed by atoms with Crippen molar-refractivity contribution < 1.29 is 0 Å². The molecule has 0 saturated heterocycles. The molecule has 20 heavy (non-hydrogen) atoms. The maximum Gasteiger partial charge on any atom is 0.0420 e. The van der Waals surface area contributed by atoms with Gasteiger partial charge in [0.1, 0.15) is 0 Å². The molecule has 106 valence electrons. The zero-order chi connectivity index (χ0) is 14.5. The molecule has 0 aliphatic carbocycles. The maximum absolute atomic E-state index is 5.69. The third-order valence-corrected chi connectivity index (χ3v) is 3.71. The molecule has 0 aliphatic rings. The van der Waals surface area contributed by atoms with E-state index in [-0.39, 0.29) is 6.04 Å². The summed E-state index contributed by atoms with van der Waals surface area (Å²) in [6.07, 6.45) is 3.53. The lowest BCUT2D eigenvalue weighted by atomic mass is 9.99. The van der Waals surface area contributed by atoms with Gasteiger partial charge in [0.05, 0.1) is 0 Å². The van der Waals surface area contributed by atoms with Gasteiger partial charge in [0.2, 0.25) is 0 Å². The van der Waals surface area contributed by atoms with Crippen LogP contribution in [0.15, 0.2) is 41.0 Å². The number of aromatic nitrogens is 1. The van der Waals surface area contributed by atoms with Gasteiger partial charge in [-0.2, -0.15) is 0 Å². The first-order valence-electron chi connectivity index (χ1n) is 6.70. The van der Waals surface area contributed by atoms with E-state index < -0.39 is 0 Å². The Bertz CT molecular complexity index is 546. The van der Waals surface area contributed by atoms with Gasteiger partial charge in [0, 0.05) is 28.8 Å². The molecule has 3 nitrogen and oxygen atoms in total. The lowest BCUT2D eigenvalue weighted by Gasteiger charge is -2.16. The second-order valence-electron chi connectivity index (χ2n) is 5.24. The summed E-state index contributed by atoms with van der Waals surface area (Å²) in [4.78, 5) is 4.40. The van der Waals surface area contributed by atoms with E-state index in [4.69, 9.17) is 5.84 Å². The number of nitrogens with zero attached hydrogens (tertiary/aromatic N) is 1. The van der Waals surface area contributed by atoms with Crippen LogP contribution in [-0.4, -0.2) is 11.0 Å². The predicted octanol–water partition coefficient (Wildman–Crippen LogP) is 3.08. The SMILES string of the molecule is Cc1cc(C)cc(CC(Cc2ccc(Br)cn2)NN)c1. The minimum absolute atomic E-state index is 0.185. The van der Waals surface area contributed by atoms with Gasteiger partial charge in [-0.25, -0.2) is 0 Å². The molecule has 0 aliphatic heterocycles. The summed E-state index contributed by atoms with van der Waals surface area (Å²) >= 11 is 3.40. The lowest BCUT2D eigenvalue weighted by Crippen LogP contribution is -2.38. The largest absolute Gasteiger partial charge is 0.271 e. The number of aryl methyl sites for hydroxylation is 2. The number of hydrogen-bond donors (Lipinski definition) is 2. The van der Waals surface area contributed by atoms with E-state index in [0.29, 0.717) is 0 Å². The third kappa shape index (κ3) is 4.40. The molecule has 1 atom stereocenters. The Labute approximate surface area is 128 Å². The fourth-order valence-corrected chi connectivity index (χ4v) is 2.68. The van der Waals surface area contributed by atoms with Gasteiger partial charge in [-0.3, -0.25) is 16.3 Å². The topological polar surface area (TPSA) is 50.9 Å². The van der Waals surface area contributed by atoms with Crippen molar-refractivity contribution in [2.75, 3.05) is 0 Å². The Morgan fingerprint density at radius 2 is 1.85 bits per heavy atom. The maximum atomic E-state index is 5.69. The molecule has 0 saturated carbocycles. The summed E-state index contributed by atoms with van der Waals surface area (Å²) in [5.74, 6) is 5.69. The number of pyridine rings is 1. The molecule has 0 spiro atoms. The summed E-state index contributed by atoms with van der Waals surface area (Å²) < 4.78 is 0.993. The second kappa shape index (κ2) is 6.97. The standard InChI is InChI=1S/C16H20BrN3/c1-11-5-12(2)7-13(6-11)8-16(20-18)9-15-4-3-14(17)10-19-15/h3-7,10,16,20H,8-9,18H2,1-2H3. The van der Waals surface area contributed by atoms with Crippen LogP contribution in [0, 0.1) is 13.8 Å². The van der Waals surface area contributed by atoms with E-state index in [0.717, 1.165) is 23.0 Å². The van der Waals surface area contributed by atoms with Crippen LogP contribution in [0.3, 0.4) is 0 Å². The minimum atomic E-state index is 0.185. The Balaban J connectivity index is 2.06. The van der Waals surface area contributed by atoms with Crippen molar-refractivity contribution in [2.24, 2.45) is 5.84 Å². The normalized spacial score (nSPS) is 12.4. The van der Waals surface area contributed by atoms with Gasteiger partial charge in [0.15, 0.2) is 0 Å². The van der Waals surface area contributed by atoms with Gasteiger partial charge in [0.25, 0.3) is 0 Å². The summed E-state index contributed by atoms with van der Waals surface area (Å²) in [7, 11) is 0. The number of nitrogens with one attached hydrogen (secondary N) is 1. The average molecular weight is 334 g/mol. The molecule has 1 heterocycles. The van der Waals surface area contributed by atoms with Crippen LogP contribution in [0.5, 0.6) is 0 Å². The van der Waals surface area contributed by atoms with E-state index in [1.165, 1.54) is 16.7 Å². The van der Waals surface area contributed by atoms with Crippen molar-refractivity contribution in [2.45, 2.75) is 32.7 Å². The molecule has 0 fully saturated rings. The zero-order valence-corrected chi connectivity index (χ0v) is 13.4. The monoisotopic (exact) mass is 333 g/mol. The van der Waals surface area contributed by atoms with Crippen molar-refractivity contribution in [3.05, 3.63) is 63.4 Å². The predicted molar refractivity (Wildman–Crippen MR) is 86.4 cm³/mol. The quantitative estimate of drug-likeness (QED) is 0.653. The first kappa shape index (κ1) is 15.2. The summed E-state index contributed by atoms with van der Waals surface area (Å²) in [5, 5.41) is 0. The Morgan fingerprint density at radius 3 is 2.40 bits per heavy atom. The molecule has 0 amide bonds. The molecule has 2 aromatic rings. The van der Waals surface area contributed by atoms with Crippen LogP contribution in [0.25, 0.3) is 0 Å². The third-order valence-electron chi connectivity index (χ3n) is 3.24. The Hall–Kier alpha value is -1.23. The van der Waals surface area contributed by atoms with Gasteiger partial charge in [-0.15, -0.1) is 0 Å². The molecule has 3 N–H and O–H groups in total. The van der Waals surface area contributed by atoms with Crippen LogP contribution in [-0.2, 0) is 12.8 Å². The molecule has 0 bridgehead atoms. The molecule has 1 aromatic carbocycles. The molecule has 4 heteroatoms. The smallest absolute Gasteiger partial charge is 0.0420 e. The number of rotatable bonds is 5. The number of halogens is 1. The number of nitrogens with two attached hydrogens (primary N) is 1. The first-order chi connectivity index (χ1) is 9.56. The van der Waals surface area contributed by atoms with Crippen LogP contribution < -0.4 is 11.3 Å². The molecule has 2 rings (SSSR count). The van der Waals surface area contributed by atoms with Crippen molar-refractivity contribution in [3.8, 4) is 0 Å². The van der Waals surface area contributed by atoms with Crippen molar-refractivity contribution in [1.82, 2.24) is 10.4 Å². The Morgan fingerprint density at radius 1 is 1.15 bits per heavy atom. The highest BCUT2D eigenvalue weighted by molar-refractivity contribution is 9.10. The van der Waals surface area contributed by atoms with E-state index in [1.54, 1.807) is 0 Å². The average Bonchev–Trinajstić information content (AvgIpc) is 2.39. The second-order valence-corrected chi connectivity index (χ2v) is 6.15. The molecular formula is C16H20BrN3. The number of hydrogen-bond acceptors (Lipinski definition) is 3. The minimum Gasteiger partial charge on any atom is -0.271 e. The first-order valence-corrected chi connectivity index (χ1v) is 7.50. The fraction of sp³-hybridized carbons (Fsp3) is 0.312. The van der Waals surface area contributed by atoms with Gasteiger partial charge < -0.3 is 0 Å². The zero-order valence-electron chi connectivity index (χ0n) is 11.9. The Kier molecular flexibility index (Phi) is 5.29. The van der Waals surface area contributed by atoms with E-state index in [2.05, 4.69) is 58.4 Å². The summed E-state index contributed by atoms with van der Waals surface area (Å²) in [6, 6.07) is 10.8. The van der Waals surface area contributed by atoms with Crippen LogP contribution in [0.2, 0.25) is 0 Å². The highest BCUT2D eigenvalue weighted by Crippen LogP contribution is 2.13. The fourth-order valence-electron chi connectivity index (χ4n) is 2.44. The van der Waals surface area contributed by atoms with Crippen LogP contribution in [0.1, 0.15) is 22.4 Å². The molecule has 1 unspecified atom stereocenters. The number of benzene rings is 1. The van der Waals surface area contributed by atoms with E-state index in [1.807, 2.05) is 18.3 Å². The van der Waals surface area contributed by atoms with E-state index in [9.17, 15) is 0 Å². The van der Waals surface area contributed by atoms with E-state index >= 15 is 0 Å².